The number of anilines is 1. The summed E-state index contributed by atoms with van der Waals surface area (Å²) < 4.78 is 7.16. The summed E-state index contributed by atoms with van der Waals surface area (Å²) in [5.41, 5.74) is 2.11. The van der Waals surface area contributed by atoms with Gasteiger partial charge in [-0.3, -0.25) is 0 Å². The van der Waals surface area contributed by atoms with Crippen LogP contribution >= 0.6 is 27.5 Å². The van der Waals surface area contributed by atoms with E-state index in [1.54, 1.807) is 0 Å². The quantitative estimate of drug-likeness (QED) is 0.787. The monoisotopic (exact) mass is 337 g/mol. The summed E-state index contributed by atoms with van der Waals surface area (Å²) in [6.45, 7) is 2.11. The van der Waals surface area contributed by atoms with E-state index in [1.165, 1.54) is 0 Å². The third kappa shape index (κ3) is 2.58. The molecule has 1 aliphatic heterocycles. The van der Waals surface area contributed by atoms with Gasteiger partial charge in [0.2, 0.25) is 0 Å². The van der Waals surface area contributed by atoms with E-state index in [1.807, 2.05) is 30.3 Å². The second-order valence-electron chi connectivity index (χ2n) is 4.66. The Labute approximate surface area is 125 Å². The average molecular weight is 339 g/mol. The number of rotatable bonds is 1. The van der Waals surface area contributed by atoms with Crippen LogP contribution in [0, 0.1) is 0 Å². The smallest absolute Gasteiger partial charge is 0.144 e. The number of halogens is 2. The van der Waals surface area contributed by atoms with Crippen molar-refractivity contribution in [3.8, 4) is 5.75 Å². The minimum absolute atomic E-state index is 0.00164. The fourth-order valence-corrected chi connectivity index (χ4v) is 2.72. The Bertz CT molecular complexity index is 600. The number of nitrogens with one attached hydrogen (secondary N) is 1. The minimum atomic E-state index is 0.00164. The van der Waals surface area contributed by atoms with Gasteiger partial charge in [0.15, 0.2) is 0 Å². The van der Waals surface area contributed by atoms with E-state index >= 15 is 0 Å². The molecule has 2 aromatic carbocycles. The number of hydrogen-bond donors (Lipinski definition) is 1. The van der Waals surface area contributed by atoms with Crippen LogP contribution in [-0.2, 0) is 0 Å². The molecule has 0 fully saturated rings. The molecule has 3 rings (SSSR count). The molecule has 0 radical (unpaired) electrons. The van der Waals surface area contributed by atoms with E-state index in [4.69, 9.17) is 16.3 Å². The van der Waals surface area contributed by atoms with E-state index in [9.17, 15) is 0 Å². The molecule has 0 saturated heterocycles. The van der Waals surface area contributed by atoms with Crippen molar-refractivity contribution in [1.82, 2.24) is 0 Å². The van der Waals surface area contributed by atoms with Gasteiger partial charge in [-0.15, -0.1) is 0 Å². The van der Waals surface area contributed by atoms with Crippen LogP contribution in [0.25, 0.3) is 0 Å². The van der Waals surface area contributed by atoms with Crippen LogP contribution in [0.4, 0.5) is 5.69 Å². The first-order valence-corrected chi connectivity index (χ1v) is 7.29. The summed E-state index contributed by atoms with van der Waals surface area (Å²) in [5.74, 6) is 0.843. The Morgan fingerprint density at radius 1 is 1.16 bits per heavy atom. The van der Waals surface area contributed by atoms with Crippen LogP contribution < -0.4 is 10.1 Å². The second kappa shape index (κ2) is 5.06. The fraction of sp³-hybridized carbons (Fsp3) is 0.200. The maximum Gasteiger partial charge on any atom is 0.144 e. The molecule has 0 aromatic heterocycles. The van der Waals surface area contributed by atoms with Gasteiger partial charge in [0.1, 0.15) is 11.9 Å². The first-order valence-electron chi connectivity index (χ1n) is 6.12. The summed E-state index contributed by atoms with van der Waals surface area (Å²) in [7, 11) is 0. The van der Waals surface area contributed by atoms with Crippen molar-refractivity contribution < 1.29 is 4.74 Å². The van der Waals surface area contributed by atoms with Crippen LogP contribution in [0.3, 0.4) is 0 Å². The van der Waals surface area contributed by atoms with Gasteiger partial charge in [0.25, 0.3) is 0 Å². The lowest BCUT2D eigenvalue weighted by Gasteiger charge is -2.33. The summed E-state index contributed by atoms with van der Waals surface area (Å²) in [6.07, 6.45) is 0.00164. The van der Waals surface area contributed by atoms with E-state index in [2.05, 4.69) is 40.3 Å². The van der Waals surface area contributed by atoms with Crippen LogP contribution in [0.5, 0.6) is 5.75 Å². The molecule has 1 aliphatic rings. The van der Waals surface area contributed by atoms with E-state index in [-0.39, 0.29) is 12.1 Å². The van der Waals surface area contributed by atoms with Gasteiger partial charge in [-0.1, -0.05) is 39.7 Å². The molecule has 0 saturated carbocycles. The van der Waals surface area contributed by atoms with E-state index < -0.39 is 0 Å². The standard InChI is InChI=1S/C15H13BrClNO/c1-9-15(10-2-4-11(16)5-3-10)19-14-7-6-12(17)8-13(14)18-9/h2-9,15,18H,1H3. The maximum atomic E-state index is 6.09. The number of benzene rings is 2. The molecule has 2 unspecified atom stereocenters. The second-order valence-corrected chi connectivity index (χ2v) is 6.02. The molecule has 2 nitrogen and oxygen atoms in total. The Morgan fingerprint density at radius 3 is 2.63 bits per heavy atom. The summed E-state index contributed by atoms with van der Waals surface area (Å²) in [5, 5.41) is 4.15. The van der Waals surface area contributed by atoms with Crippen LogP contribution in [-0.4, -0.2) is 6.04 Å². The Balaban J connectivity index is 1.93. The molecule has 4 heteroatoms. The molecule has 1 N–H and O–H groups in total. The van der Waals surface area contributed by atoms with Gasteiger partial charge in [-0.25, -0.2) is 0 Å². The molecule has 0 aliphatic carbocycles. The number of hydrogen-bond acceptors (Lipinski definition) is 2. The highest BCUT2D eigenvalue weighted by atomic mass is 79.9. The predicted octanol–water partition coefficient (Wildman–Crippen LogP) is 5.04. The lowest BCUT2D eigenvalue weighted by Crippen LogP contribution is -2.32. The third-order valence-electron chi connectivity index (χ3n) is 3.23. The molecule has 0 amide bonds. The third-order valence-corrected chi connectivity index (χ3v) is 4.00. The average Bonchev–Trinajstić information content (AvgIpc) is 2.39. The topological polar surface area (TPSA) is 21.3 Å². The van der Waals surface area contributed by atoms with Gasteiger partial charge < -0.3 is 10.1 Å². The highest BCUT2D eigenvalue weighted by Crippen LogP contribution is 2.38. The van der Waals surface area contributed by atoms with Gasteiger partial charge in [-0.05, 0) is 42.8 Å². The zero-order chi connectivity index (χ0) is 13.4. The lowest BCUT2D eigenvalue weighted by molar-refractivity contribution is 0.177. The molecule has 0 bridgehead atoms. The van der Waals surface area contributed by atoms with E-state index in [0.29, 0.717) is 5.02 Å². The molecule has 2 atom stereocenters. The summed E-state index contributed by atoms with van der Waals surface area (Å²) in [6, 6.07) is 14.0. The molecular formula is C15H13BrClNO. The summed E-state index contributed by atoms with van der Waals surface area (Å²) >= 11 is 9.44. The molecular weight excluding hydrogens is 326 g/mol. The van der Waals surface area contributed by atoms with Crippen molar-refractivity contribution >= 4 is 33.2 Å². The first kappa shape index (κ1) is 12.8. The zero-order valence-corrected chi connectivity index (χ0v) is 12.7. The number of fused-ring (bicyclic) bond motifs is 1. The Hall–Kier alpha value is -1.19. The zero-order valence-electron chi connectivity index (χ0n) is 10.4. The van der Waals surface area contributed by atoms with Gasteiger partial charge in [0.05, 0.1) is 11.7 Å². The van der Waals surface area contributed by atoms with Crippen LogP contribution in [0.2, 0.25) is 5.02 Å². The van der Waals surface area contributed by atoms with Crippen molar-refractivity contribution in [1.29, 1.82) is 0 Å². The lowest BCUT2D eigenvalue weighted by atomic mass is 10.0. The molecule has 2 aromatic rings. The Kier molecular flexibility index (Phi) is 3.42. The van der Waals surface area contributed by atoms with Gasteiger partial charge in [-0.2, -0.15) is 0 Å². The molecule has 0 spiro atoms. The van der Waals surface area contributed by atoms with Crippen molar-refractivity contribution in [2.75, 3.05) is 5.32 Å². The van der Waals surface area contributed by atoms with Gasteiger partial charge >= 0.3 is 0 Å². The van der Waals surface area contributed by atoms with Crippen molar-refractivity contribution in [3.05, 3.63) is 57.5 Å². The molecule has 1 heterocycles. The summed E-state index contributed by atoms with van der Waals surface area (Å²) in [4.78, 5) is 0. The SMILES string of the molecule is CC1Nc2cc(Cl)ccc2OC1c1ccc(Br)cc1. The van der Waals surface area contributed by atoms with Crippen molar-refractivity contribution in [2.24, 2.45) is 0 Å². The first-order chi connectivity index (χ1) is 9.13. The van der Waals surface area contributed by atoms with E-state index in [0.717, 1.165) is 21.5 Å². The largest absolute Gasteiger partial charge is 0.481 e. The molecule has 19 heavy (non-hydrogen) atoms. The van der Waals surface area contributed by atoms with Crippen molar-refractivity contribution in [3.63, 3.8) is 0 Å². The highest BCUT2D eigenvalue weighted by molar-refractivity contribution is 9.10. The van der Waals surface area contributed by atoms with Gasteiger partial charge in [0, 0.05) is 9.50 Å². The minimum Gasteiger partial charge on any atom is -0.481 e. The van der Waals surface area contributed by atoms with Crippen LogP contribution in [0.15, 0.2) is 46.9 Å². The number of ether oxygens (including phenoxy) is 1. The Morgan fingerprint density at radius 2 is 1.89 bits per heavy atom. The van der Waals surface area contributed by atoms with Crippen LogP contribution in [0.1, 0.15) is 18.6 Å². The predicted molar refractivity (Wildman–Crippen MR) is 82.0 cm³/mol. The maximum absolute atomic E-state index is 6.09. The fourth-order valence-electron chi connectivity index (χ4n) is 2.29. The normalized spacial score (nSPS) is 21.2. The van der Waals surface area contributed by atoms with Crippen molar-refractivity contribution in [2.45, 2.75) is 19.1 Å². The molecule has 98 valence electrons. The highest BCUT2D eigenvalue weighted by Gasteiger charge is 2.27.